The first-order valence-electron chi connectivity index (χ1n) is 5.42. The van der Waals surface area contributed by atoms with Crippen LogP contribution >= 0.6 is 0 Å². The van der Waals surface area contributed by atoms with Gasteiger partial charge in [-0.25, -0.2) is 4.79 Å². The van der Waals surface area contributed by atoms with Crippen molar-refractivity contribution < 1.29 is 9.53 Å². The van der Waals surface area contributed by atoms with Crippen molar-refractivity contribution in [2.45, 2.75) is 0 Å². The molecule has 1 aromatic carbocycles. The first kappa shape index (κ1) is 10.6. The van der Waals surface area contributed by atoms with Gasteiger partial charge in [0.15, 0.2) is 0 Å². The van der Waals surface area contributed by atoms with E-state index in [-0.39, 0.29) is 11.3 Å². The normalized spacial score (nSPS) is 10.9. The number of methoxy groups -OCH3 is 1. The van der Waals surface area contributed by atoms with Crippen LogP contribution in [0.3, 0.4) is 0 Å². The SMILES string of the molecule is COC(=O)c1cn2c(cc3ccccc32)c(=O)[nH]1. The van der Waals surface area contributed by atoms with Gasteiger partial charge < -0.3 is 14.1 Å². The van der Waals surface area contributed by atoms with E-state index < -0.39 is 5.97 Å². The fourth-order valence-electron chi connectivity index (χ4n) is 2.05. The predicted molar refractivity (Wildman–Crippen MR) is 66.9 cm³/mol. The first-order chi connectivity index (χ1) is 8.70. The van der Waals surface area contributed by atoms with Gasteiger partial charge in [-0.05, 0) is 12.1 Å². The Morgan fingerprint density at radius 2 is 2.06 bits per heavy atom. The summed E-state index contributed by atoms with van der Waals surface area (Å²) in [7, 11) is 1.28. The molecule has 0 saturated carbocycles. The van der Waals surface area contributed by atoms with Gasteiger partial charge in [-0.3, -0.25) is 4.79 Å². The van der Waals surface area contributed by atoms with E-state index in [1.165, 1.54) is 7.11 Å². The number of aromatic nitrogens is 2. The highest BCUT2D eigenvalue weighted by Gasteiger charge is 2.11. The van der Waals surface area contributed by atoms with Crippen molar-refractivity contribution in [3.05, 3.63) is 52.6 Å². The second kappa shape index (κ2) is 3.73. The van der Waals surface area contributed by atoms with Gasteiger partial charge in [0.25, 0.3) is 5.56 Å². The van der Waals surface area contributed by atoms with E-state index in [2.05, 4.69) is 9.72 Å². The van der Waals surface area contributed by atoms with Gasteiger partial charge in [-0.15, -0.1) is 0 Å². The summed E-state index contributed by atoms with van der Waals surface area (Å²) in [5, 5.41) is 0.949. The van der Waals surface area contributed by atoms with E-state index in [4.69, 9.17) is 0 Å². The lowest BCUT2D eigenvalue weighted by Gasteiger charge is -2.01. The molecule has 0 aliphatic carbocycles. The van der Waals surface area contributed by atoms with E-state index in [9.17, 15) is 9.59 Å². The van der Waals surface area contributed by atoms with Crippen LogP contribution in [-0.4, -0.2) is 22.5 Å². The molecule has 5 heteroatoms. The molecule has 0 atom stereocenters. The summed E-state index contributed by atoms with van der Waals surface area (Å²) in [6, 6.07) is 9.38. The van der Waals surface area contributed by atoms with Crippen LogP contribution in [0.1, 0.15) is 10.5 Å². The van der Waals surface area contributed by atoms with Crippen LogP contribution in [0.15, 0.2) is 41.3 Å². The number of H-pyrrole nitrogens is 1. The number of benzene rings is 1. The topological polar surface area (TPSA) is 63.6 Å². The highest BCUT2D eigenvalue weighted by molar-refractivity contribution is 5.90. The molecule has 0 spiro atoms. The summed E-state index contributed by atoms with van der Waals surface area (Å²) in [6.45, 7) is 0. The second-order valence-electron chi connectivity index (χ2n) is 3.95. The summed E-state index contributed by atoms with van der Waals surface area (Å²) in [5.41, 5.74) is 1.21. The number of rotatable bonds is 1. The fraction of sp³-hybridized carbons (Fsp3) is 0.0769. The van der Waals surface area contributed by atoms with Crippen molar-refractivity contribution >= 4 is 22.4 Å². The lowest BCUT2D eigenvalue weighted by Crippen LogP contribution is -2.16. The zero-order chi connectivity index (χ0) is 12.7. The molecule has 0 unspecified atom stereocenters. The third-order valence-corrected chi connectivity index (χ3v) is 2.89. The quantitative estimate of drug-likeness (QED) is 0.659. The number of aromatic amines is 1. The Morgan fingerprint density at radius 1 is 1.28 bits per heavy atom. The van der Waals surface area contributed by atoms with Gasteiger partial charge in [-0.2, -0.15) is 0 Å². The summed E-state index contributed by atoms with van der Waals surface area (Å²) in [4.78, 5) is 25.9. The molecule has 0 amide bonds. The van der Waals surface area contributed by atoms with E-state index in [1.807, 2.05) is 24.3 Å². The van der Waals surface area contributed by atoms with Gasteiger partial charge in [0, 0.05) is 11.6 Å². The molecule has 0 aliphatic rings. The molecule has 3 aromatic rings. The molecule has 90 valence electrons. The molecule has 18 heavy (non-hydrogen) atoms. The van der Waals surface area contributed by atoms with E-state index in [1.54, 1.807) is 16.7 Å². The third kappa shape index (κ3) is 1.41. The molecule has 2 aromatic heterocycles. The number of carbonyl (C=O) groups excluding carboxylic acids is 1. The molecular formula is C13H10N2O3. The van der Waals surface area contributed by atoms with Crippen LogP contribution in [0.2, 0.25) is 0 Å². The summed E-state index contributed by atoms with van der Waals surface area (Å²) >= 11 is 0. The standard InChI is InChI=1S/C13H10N2O3/c1-18-13(17)9-7-15-10-5-3-2-4-8(10)6-11(15)12(16)14-9/h2-7H,1H3,(H,14,16). The molecule has 5 nitrogen and oxygen atoms in total. The maximum Gasteiger partial charge on any atom is 0.356 e. The molecular weight excluding hydrogens is 232 g/mol. The minimum atomic E-state index is -0.563. The highest BCUT2D eigenvalue weighted by Crippen LogP contribution is 2.17. The van der Waals surface area contributed by atoms with E-state index >= 15 is 0 Å². The molecule has 1 N–H and O–H groups in total. The Labute approximate surface area is 102 Å². The number of hydrogen-bond acceptors (Lipinski definition) is 3. The zero-order valence-corrected chi connectivity index (χ0v) is 9.64. The number of nitrogens with zero attached hydrogens (tertiary/aromatic N) is 1. The molecule has 0 radical (unpaired) electrons. The third-order valence-electron chi connectivity index (χ3n) is 2.89. The van der Waals surface area contributed by atoms with Crippen LogP contribution in [0.4, 0.5) is 0 Å². The van der Waals surface area contributed by atoms with Gasteiger partial charge in [0.1, 0.15) is 11.2 Å². The van der Waals surface area contributed by atoms with Crippen LogP contribution in [0.5, 0.6) is 0 Å². The van der Waals surface area contributed by atoms with Crippen LogP contribution < -0.4 is 5.56 Å². The van der Waals surface area contributed by atoms with Gasteiger partial charge >= 0.3 is 5.97 Å². The monoisotopic (exact) mass is 242 g/mol. The van der Waals surface area contributed by atoms with Gasteiger partial charge in [0.2, 0.25) is 0 Å². The molecule has 0 bridgehead atoms. The number of fused-ring (bicyclic) bond motifs is 3. The number of nitrogens with one attached hydrogen (secondary N) is 1. The van der Waals surface area contributed by atoms with E-state index in [0.717, 1.165) is 10.9 Å². The smallest absolute Gasteiger partial charge is 0.356 e. The maximum atomic E-state index is 11.9. The van der Waals surface area contributed by atoms with Crippen molar-refractivity contribution in [2.75, 3.05) is 7.11 Å². The van der Waals surface area contributed by atoms with Crippen LogP contribution in [0.25, 0.3) is 16.4 Å². The molecule has 0 fully saturated rings. The Morgan fingerprint density at radius 3 is 2.83 bits per heavy atom. The van der Waals surface area contributed by atoms with E-state index in [0.29, 0.717) is 5.52 Å². The molecule has 0 aliphatic heterocycles. The highest BCUT2D eigenvalue weighted by atomic mass is 16.5. The summed E-state index contributed by atoms with van der Waals surface area (Å²) in [6.07, 6.45) is 1.57. The second-order valence-corrected chi connectivity index (χ2v) is 3.95. The van der Waals surface area contributed by atoms with Crippen LogP contribution in [0, 0.1) is 0 Å². The predicted octanol–water partition coefficient (Wildman–Crippen LogP) is 1.57. The number of esters is 1. The first-order valence-corrected chi connectivity index (χ1v) is 5.42. The van der Waals surface area contributed by atoms with Crippen molar-refractivity contribution in [1.29, 1.82) is 0 Å². The van der Waals surface area contributed by atoms with Crippen molar-refractivity contribution in [3.8, 4) is 0 Å². The lowest BCUT2D eigenvalue weighted by atomic mass is 10.2. The number of hydrogen-bond donors (Lipinski definition) is 1. The largest absolute Gasteiger partial charge is 0.464 e. The lowest BCUT2D eigenvalue weighted by molar-refractivity contribution is 0.0593. The zero-order valence-electron chi connectivity index (χ0n) is 9.64. The van der Waals surface area contributed by atoms with Crippen molar-refractivity contribution in [1.82, 2.24) is 9.38 Å². The molecule has 2 heterocycles. The molecule has 0 saturated heterocycles. The van der Waals surface area contributed by atoms with Gasteiger partial charge in [0.05, 0.1) is 12.6 Å². The summed E-state index contributed by atoms with van der Waals surface area (Å²) < 4.78 is 6.30. The number of carbonyl (C=O) groups is 1. The minimum Gasteiger partial charge on any atom is -0.464 e. The fourth-order valence-corrected chi connectivity index (χ4v) is 2.05. The Balaban J connectivity index is 2.44. The Kier molecular flexibility index (Phi) is 2.19. The minimum absolute atomic E-state index is 0.136. The summed E-state index contributed by atoms with van der Waals surface area (Å²) in [5.74, 6) is -0.563. The van der Waals surface area contributed by atoms with Crippen molar-refractivity contribution in [3.63, 3.8) is 0 Å². The average molecular weight is 242 g/mol. The number of ether oxygens (including phenoxy) is 1. The Bertz CT molecular complexity index is 814. The Hall–Kier alpha value is -2.56. The maximum absolute atomic E-state index is 11.9. The average Bonchev–Trinajstić information content (AvgIpc) is 2.77. The van der Waals surface area contributed by atoms with Gasteiger partial charge in [-0.1, -0.05) is 18.2 Å². The van der Waals surface area contributed by atoms with Crippen molar-refractivity contribution in [2.24, 2.45) is 0 Å². The number of para-hydroxylation sites is 1. The van der Waals surface area contributed by atoms with Crippen LogP contribution in [-0.2, 0) is 4.74 Å². The molecule has 3 rings (SSSR count).